The van der Waals surface area contributed by atoms with Crippen LogP contribution in [0, 0.1) is 13.8 Å². The first-order chi connectivity index (χ1) is 13.4. The number of rotatable bonds is 5. The number of hydrogen-bond donors (Lipinski definition) is 1. The van der Waals surface area contributed by atoms with Crippen molar-refractivity contribution in [2.45, 2.75) is 60.9 Å². The molecular weight excluding hydrogens is 394 g/mol. The Kier molecular flexibility index (Phi) is 5.39. The van der Waals surface area contributed by atoms with Crippen molar-refractivity contribution in [3.63, 3.8) is 0 Å². The van der Waals surface area contributed by atoms with E-state index in [4.69, 9.17) is 0 Å². The first-order valence-corrected chi connectivity index (χ1v) is 11.7. The molecule has 0 amide bonds. The number of benzene rings is 1. The van der Waals surface area contributed by atoms with Gasteiger partial charge in [0.05, 0.1) is 4.90 Å². The van der Waals surface area contributed by atoms with Crippen LogP contribution in [0.1, 0.15) is 37.1 Å². The zero-order valence-corrected chi connectivity index (χ0v) is 17.5. The topological polar surface area (TPSA) is 89.2 Å². The Balaban J connectivity index is 1.58. The summed E-state index contributed by atoms with van der Waals surface area (Å²) >= 11 is 1.59. The number of aryl methyl sites for hydroxylation is 2. The molecule has 7 nitrogen and oxygen atoms in total. The van der Waals surface area contributed by atoms with Gasteiger partial charge in [-0.2, -0.15) is 0 Å². The SMILES string of the molecule is Cc1cc(C)n2c(S[C@@H]3CCCC[C@@H]3NS(=O)(=O)c3ccccc3)nnc2n1. The predicted octanol–water partition coefficient (Wildman–Crippen LogP) is 3.12. The van der Waals surface area contributed by atoms with Crippen molar-refractivity contribution in [3.8, 4) is 0 Å². The Bertz CT molecular complexity index is 1080. The van der Waals surface area contributed by atoms with E-state index in [1.54, 1.807) is 36.0 Å². The summed E-state index contributed by atoms with van der Waals surface area (Å²) in [6.07, 6.45) is 3.84. The maximum atomic E-state index is 12.8. The molecule has 2 heterocycles. The number of nitrogens with zero attached hydrogens (tertiary/aromatic N) is 4. The highest BCUT2D eigenvalue weighted by molar-refractivity contribution is 7.99. The molecule has 148 valence electrons. The van der Waals surface area contributed by atoms with Gasteiger partial charge in [0.15, 0.2) is 5.16 Å². The molecular formula is C19H23N5O2S2. The van der Waals surface area contributed by atoms with Gasteiger partial charge in [-0.1, -0.05) is 42.8 Å². The normalized spacial score (nSPS) is 20.5. The molecule has 0 radical (unpaired) electrons. The minimum absolute atomic E-state index is 0.0975. The van der Waals surface area contributed by atoms with E-state index >= 15 is 0 Å². The van der Waals surface area contributed by atoms with Gasteiger partial charge in [0.1, 0.15) is 0 Å². The van der Waals surface area contributed by atoms with Crippen LogP contribution in [0.5, 0.6) is 0 Å². The fourth-order valence-corrected chi connectivity index (χ4v) is 6.41. The minimum Gasteiger partial charge on any atom is -0.259 e. The molecule has 0 saturated heterocycles. The molecule has 4 rings (SSSR count). The average Bonchev–Trinajstić information content (AvgIpc) is 3.06. The molecule has 0 bridgehead atoms. The maximum absolute atomic E-state index is 12.8. The third-order valence-electron chi connectivity index (χ3n) is 4.98. The van der Waals surface area contributed by atoms with Crippen molar-refractivity contribution in [1.82, 2.24) is 24.3 Å². The van der Waals surface area contributed by atoms with Crippen molar-refractivity contribution in [1.29, 1.82) is 0 Å². The van der Waals surface area contributed by atoms with Crippen molar-refractivity contribution in [3.05, 3.63) is 47.8 Å². The van der Waals surface area contributed by atoms with Gasteiger partial charge < -0.3 is 0 Å². The first kappa shape index (κ1) is 19.4. The van der Waals surface area contributed by atoms with E-state index in [1.165, 1.54) is 0 Å². The van der Waals surface area contributed by atoms with Crippen LogP contribution in [0.25, 0.3) is 5.78 Å². The number of sulfonamides is 1. The van der Waals surface area contributed by atoms with E-state index in [1.807, 2.05) is 30.4 Å². The zero-order valence-electron chi connectivity index (χ0n) is 15.9. The van der Waals surface area contributed by atoms with E-state index in [9.17, 15) is 8.42 Å². The molecule has 9 heteroatoms. The van der Waals surface area contributed by atoms with Gasteiger partial charge in [0.2, 0.25) is 10.0 Å². The van der Waals surface area contributed by atoms with Gasteiger partial charge >= 0.3 is 0 Å². The van der Waals surface area contributed by atoms with Crippen molar-refractivity contribution in [2.24, 2.45) is 0 Å². The molecule has 2 aromatic heterocycles. The van der Waals surface area contributed by atoms with Crippen LogP contribution < -0.4 is 4.72 Å². The van der Waals surface area contributed by atoms with Crippen molar-refractivity contribution in [2.75, 3.05) is 0 Å². The third kappa shape index (κ3) is 3.92. The molecule has 1 fully saturated rings. The molecule has 1 aromatic carbocycles. The summed E-state index contributed by atoms with van der Waals surface area (Å²) in [5.74, 6) is 0.581. The quantitative estimate of drug-likeness (QED) is 0.686. The number of fused-ring (bicyclic) bond motifs is 1. The summed E-state index contributed by atoms with van der Waals surface area (Å²) in [5, 5.41) is 9.37. The molecule has 2 atom stereocenters. The van der Waals surface area contributed by atoms with Gasteiger partial charge in [-0.3, -0.25) is 4.40 Å². The molecule has 1 N–H and O–H groups in total. The van der Waals surface area contributed by atoms with Crippen LogP contribution in [0.15, 0.2) is 46.5 Å². The Morgan fingerprint density at radius 2 is 1.86 bits per heavy atom. The Morgan fingerprint density at radius 3 is 2.64 bits per heavy atom. The lowest BCUT2D eigenvalue weighted by Crippen LogP contribution is -2.43. The highest BCUT2D eigenvalue weighted by Gasteiger charge is 2.31. The molecule has 1 aliphatic carbocycles. The Labute approximate surface area is 169 Å². The van der Waals surface area contributed by atoms with Crippen LogP contribution in [0.4, 0.5) is 0 Å². The largest absolute Gasteiger partial charge is 0.259 e. The molecule has 0 aliphatic heterocycles. The first-order valence-electron chi connectivity index (χ1n) is 9.37. The molecule has 1 saturated carbocycles. The van der Waals surface area contributed by atoms with Crippen LogP contribution in [0.3, 0.4) is 0 Å². The number of hydrogen-bond acceptors (Lipinski definition) is 6. The average molecular weight is 418 g/mol. The van der Waals surface area contributed by atoms with E-state index in [2.05, 4.69) is 19.9 Å². The summed E-state index contributed by atoms with van der Waals surface area (Å²) in [5.41, 5.74) is 1.92. The monoisotopic (exact) mass is 417 g/mol. The molecule has 1 aliphatic rings. The number of thioether (sulfide) groups is 1. The minimum atomic E-state index is -3.55. The number of aromatic nitrogens is 4. The summed E-state index contributed by atoms with van der Waals surface area (Å²) in [6.45, 7) is 3.94. The van der Waals surface area contributed by atoms with E-state index < -0.39 is 10.0 Å². The third-order valence-corrected chi connectivity index (χ3v) is 7.83. The standard InChI is InChI=1S/C19H23N5O2S2/c1-13-12-14(2)24-18(20-13)21-22-19(24)27-17-11-7-6-10-16(17)23-28(25,26)15-8-4-3-5-9-15/h3-5,8-9,12,16-17,23H,6-7,10-11H2,1-2H3/t16-,17+/m0/s1. The lowest BCUT2D eigenvalue weighted by atomic mass is 9.96. The number of nitrogens with one attached hydrogen (secondary N) is 1. The highest BCUT2D eigenvalue weighted by Crippen LogP contribution is 2.34. The Hall–Kier alpha value is -1.97. The summed E-state index contributed by atoms with van der Waals surface area (Å²) in [6, 6.07) is 10.4. The molecule has 0 unspecified atom stereocenters. The summed E-state index contributed by atoms with van der Waals surface area (Å²) in [4.78, 5) is 4.73. The second-order valence-electron chi connectivity index (χ2n) is 7.14. The zero-order chi connectivity index (χ0) is 19.7. The Morgan fingerprint density at radius 1 is 1.11 bits per heavy atom. The maximum Gasteiger partial charge on any atom is 0.256 e. The molecule has 0 spiro atoms. The van der Waals surface area contributed by atoms with Crippen LogP contribution in [0.2, 0.25) is 0 Å². The van der Waals surface area contributed by atoms with Crippen molar-refractivity contribution >= 4 is 27.6 Å². The highest BCUT2D eigenvalue weighted by atomic mass is 32.2. The molecule has 28 heavy (non-hydrogen) atoms. The van der Waals surface area contributed by atoms with E-state index in [-0.39, 0.29) is 11.3 Å². The summed E-state index contributed by atoms with van der Waals surface area (Å²) in [7, 11) is -3.55. The van der Waals surface area contributed by atoms with Gasteiger partial charge in [0, 0.05) is 22.7 Å². The fraction of sp³-hybridized carbons (Fsp3) is 0.421. The predicted molar refractivity (Wildman–Crippen MR) is 109 cm³/mol. The van der Waals surface area contributed by atoms with Crippen LogP contribution >= 0.6 is 11.8 Å². The van der Waals surface area contributed by atoms with E-state index in [0.717, 1.165) is 42.2 Å². The fourth-order valence-electron chi connectivity index (χ4n) is 3.65. The van der Waals surface area contributed by atoms with Gasteiger partial charge in [-0.05, 0) is 44.9 Å². The van der Waals surface area contributed by atoms with Gasteiger partial charge in [-0.25, -0.2) is 18.1 Å². The van der Waals surface area contributed by atoms with Gasteiger partial charge in [0.25, 0.3) is 5.78 Å². The van der Waals surface area contributed by atoms with Gasteiger partial charge in [-0.15, -0.1) is 10.2 Å². The van der Waals surface area contributed by atoms with Crippen molar-refractivity contribution < 1.29 is 8.42 Å². The molecule has 3 aromatic rings. The lowest BCUT2D eigenvalue weighted by molar-refractivity contribution is 0.422. The summed E-state index contributed by atoms with van der Waals surface area (Å²) < 4.78 is 30.4. The van der Waals surface area contributed by atoms with E-state index in [0.29, 0.717) is 10.7 Å². The van der Waals surface area contributed by atoms with Crippen LogP contribution in [-0.4, -0.2) is 39.3 Å². The smallest absolute Gasteiger partial charge is 0.256 e. The second kappa shape index (κ2) is 7.81. The lowest BCUT2D eigenvalue weighted by Gasteiger charge is -2.31. The van der Waals surface area contributed by atoms with Crippen LogP contribution in [-0.2, 0) is 10.0 Å². The second-order valence-corrected chi connectivity index (χ2v) is 10.1.